The molecule has 102 valence electrons. The van der Waals surface area contributed by atoms with Gasteiger partial charge in [-0.3, -0.25) is 0 Å². The van der Waals surface area contributed by atoms with Crippen molar-refractivity contribution in [1.29, 1.82) is 0 Å². The maximum Gasteiger partial charge on any atom is 0.342 e. The average molecular weight is 346 g/mol. The summed E-state index contributed by atoms with van der Waals surface area (Å²) in [6.45, 7) is 0. The zero-order valence-electron chi connectivity index (χ0n) is 10.5. The molecule has 1 aromatic heterocycles. The topological polar surface area (TPSA) is 39.4 Å². The molecule has 0 aliphatic rings. The maximum atomic E-state index is 11.9. The Morgan fingerprint density at radius 3 is 2.89 bits per heavy atom. The number of para-hydroxylation sites is 1. The van der Waals surface area contributed by atoms with Gasteiger partial charge in [0.25, 0.3) is 0 Å². The fourth-order valence-electron chi connectivity index (χ4n) is 1.96. The van der Waals surface area contributed by atoms with Gasteiger partial charge in [-0.15, -0.1) is 11.6 Å². The van der Waals surface area contributed by atoms with E-state index in [1.165, 1.54) is 7.11 Å². The van der Waals surface area contributed by atoms with Crippen LogP contribution in [0.15, 0.2) is 28.7 Å². The van der Waals surface area contributed by atoms with Gasteiger partial charge in [-0.25, -0.2) is 4.79 Å². The molecule has 1 heterocycles. The number of rotatable bonds is 5. The van der Waals surface area contributed by atoms with Crippen LogP contribution in [0.2, 0.25) is 0 Å². The Morgan fingerprint density at radius 1 is 1.47 bits per heavy atom. The van der Waals surface area contributed by atoms with Crippen molar-refractivity contribution in [1.82, 2.24) is 0 Å². The van der Waals surface area contributed by atoms with Gasteiger partial charge < -0.3 is 9.15 Å². The van der Waals surface area contributed by atoms with Crippen LogP contribution in [0, 0.1) is 0 Å². The SMILES string of the molecule is COC(=O)c1c(CCC(Br)CCl)oc2ccccc12. The lowest BCUT2D eigenvalue weighted by Crippen LogP contribution is -2.06. The van der Waals surface area contributed by atoms with Gasteiger partial charge in [-0.05, 0) is 12.5 Å². The van der Waals surface area contributed by atoms with E-state index in [4.69, 9.17) is 20.8 Å². The van der Waals surface area contributed by atoms with E-state index >= 15 is 0 Å². The number of carbonyl (C=O) groups excluding carboxylic acids is 1. The number of carbonyl (C=O) groups is 1. The molecule has 0 saturated carbocycles. The molecule has 0 spiro atoms. The fraction of sp³-hybridized carbons (Fsp3) is 0.357. The lowest BCUT2D eigenvalue weighted by atomic mass is 10.1. The molecule has 0 aliphatic carbocycles. The largest absolute Gasteiger partial charge is 0.465 e. The standard InChI is InChI=1S/C14H14BrClO3/c1-18-14(17)13-10-4-2-3-5-11(10)19-12(13)7-6-9(15)8-16/h2-5,9H,6-8H2,1H3. The lowest BCUT2D eigenvalue weighted by Gasteiger charge is -2.04. The van der Waals surface area contributed by atoms with E-state index in [-0.39, 0.29) is 10.8 Å². The molecule has 0 saturated heterocycles. The summed E-state index contributed by atoms with van der Waals surface area (Å²) in [5.41, 5.74) is 1.22. The maximum absolute atomic E-state index is 11.9. The predicted molar refractivity (Wildman–Crippen MR) is 79.3 cm³/mol. The van der Waals surface area contributed by atoms with E-state index in [9.17, 15) is 4.79 Å². The molecule has 0 radical (unpaired) electrons. The van der Waals surface area contributed by atoms with Crippen LogP contribution >= 0.6 is 27.5 Å². The number of methoxy groups -OCH3 is 1. The Bertz CT molecular complexity index is 579. The quantitative estimate of drug-likeness (QED) is 0.603. The molecule has 1 unspecified atom stereocenters. The smallest absolute Gasteiger partial charge is 0.342 e. The first-order valence-corrected chi connectivity index (χ1v) is 7.41. The second-order valence-corrected chi connectivity index (χ2v) is 5.78. The van der Waals surface area contributed by atoms with E-state index in [1.807, 2.05) is 24.3 Å². The molecule has 1 atom stereocenters. The molecular formula is C14H14BrClO3. The average Bonchev–Trinajstić information content (AvgIpc) is 2.82. The summed E-state index contributed by atoms with van der Waals surface area (Å²) in [7, 11) is 1.37. The summed E-state index contributed by atoms with van der Waals surface area (Å²) in [6, 6.07) is 7.46. The number of hydrogen-bond donors (Lipinski definition) is 0. The Morgan fingerprint density at radius 2 is 2.21 bits per heavy atom. The molecule has 0 amide bonds. The number of aryl methyl sites for hydroxylation is 1. The Balaban J connectivity index is 2.38. The van der Waals surface area contributed by atoms with Crippen LogP contribution in [0.5, 0.6) is 0 Å². The van der Waals surface area contributed by atoms with Crippen LogP contribution < -0.4 is 0 Å². The van der Waals surface area contributed by atoms with Gasteiger partial charge in [-0.1, -0.05) is 34.1 Å². The van der Waals surface area contributed by atoms with Gasteiger partial charge in [0.2, 0.25) is 0 Å². The van der Waals surface area contributed by atoms with Crippen LogP contribution in [0.1, 0.15) is 22.5 Å². The minimum absolute atomic E-state index is 0.202. The number of furan rings is 1. The van der Waals surface area contributed by atoms with Gasteiger partial charge in [0.05, 0.1) is 7.11 Å². The van der Waals surface area contributed by atoms with Crippen molar-refractivity contribution >= 4 is 44.5 Å². The van der Waals surface area contributed by atoms with Crippen LogP contribution in [-0.4, -0.2) is 23.8 Å². The highest BCUT2D eigenvalue weighted by molar-refractivity contribution is 9.09. The first-order valence-electron chi connectivity index (χ1n) is 5.96. The highest BCUT2D eigenvalue weighted by atomic mass is 79.9. The van der Waals surface area contributed by atoms with Crippen LogP contribution in [0.3, 0.4) is 0 Å². The molecule has 5 heteroatoms. The highest BCUT2D eigenvalue weighted by Crippen LogP contribution is 2.28. The zero-order chi connectivity index (χ0) is 13.8. The normalized spacial score (nSPS) is 12.6. The van der Waals surface area contributed by atoms with E-state index in [1.54, 1.807) is 0 Å². The minimum Gasteiger partial charge on any atom is -0.465 e. The molecule has 0 bridgehead atoms. The molecular weight excluding hydrogens is 332 g/mol. The second kappa shape index (κ2) is 6.44. The number of halogens is 2. The van der Waals surface area contributed by atoms with Crippen molar-refractivity contribution in [2.75, 3.05) is 13.0 Å². The van der Waals surface area contributed by atoms with Crippen molar-refractivity contribution < 1.29 is 13.9 Å². The summed E-state index contributed by atoms with van der Waals surface area (Å²) in [4.78, 5) is 12.1. The Kier molecular flexibility index (Phi) is 4.88. The molecule has 2 rings (SSSR count). The highest BCUT2D eigenvalue weighted by Gasteiger charge is 2.21. The van der Waals surface area contributed by atoms with Crippen molar-refractivity contribution in [3.8, 4) is 0 Å². The third-order valence-electron chi connectivity index (χ3n) is 2.91. The second-order valence-electron chi connectivity index (χ2n) is 4.18. The van der Waals surface area contributed by atoms with Gasteiger partial charge in [-0.2, -0.15) is 0 Å². The summed E-state index contributed by atoms with van der Waals surface area (Å²) in [5.74, 6) is 0.813. The van der Waals surface area contributed by atoms with Gasteiger partial charge in [0.1, 0.15) is 16.9 Å². The molecule has 0 N–H and O–H groups in total. The van der Waals surface area contributed by atoms with Gasteiger partial charge in [0, 0.05) is 22.5 Å². The number of fused-ring (bicyclic) bond motifs is 1. The first kappa shape index (κ1) is 14.4. The van der Waals surface area contributed by atoms with Crippen molar-refractivity contribution in [2.45, 2.75) is 17.7 Å². The van der Waals surface area contributed by atoms with E-state index in [0.29, 0.717) is 29.2 Å². The Labute approximate surface area is 125 Å². The third-order valence-corrected chi connectivity index (χ3v) is 4.44. The number of esters is 1. The van der Waals surface area contributed by atoms with Crippen molar-refractivity contribution in [2.24, 2.45) is 0 Å². The number of alkyl halides is 2. The fourth-order valence-corrected chi connectivity index (χ4v) is 2.35. The van der Waals surface area contributed by atoms with Gasteiger partial charge in [0.15, 0.2) is 0 Å². The summed E-state index contributed by atoms with van der Waals surface area (Å²) >= 11 is 9.22. The number of hydrogen-bond acceptors (Lipinski definition) is 3. The summed E-state index contributed by atoms with van der Waals surface area (Å²) < 4.78 is 10.6. The molecule has 1 aromatic carbocycles. The van der Waals surface area contributed by atoms with E-state index in [2.05, 4.69) is 15.9 Å². The molecule has 3 nitrogen and oxygen atoms in total. The van der Waals surface area contributed by atoms with Gasteiger partial charge >= 0.3 is 5.97 Å². The molecule has 2 aromatic rings. The molecule has 0 fully saturated rings. The van der Waals surface area contributed by atoms with Crippen LogP contribution in [0.4, 0.5) is 0 Å². The number of benzene rings is 1. The van der Waals surface area contributed by atoms with Crippen molar-refractivity contribution in [3.63, 3.8) is 0 Å². The summed E-state index contributed by atoms with van der Waals surface area (Å²) in [5, 5.41) is 0.793. The van der Waals surface area contributed by atoms with Crippen molar-refractivity contribution in [3.05, 3.63) is 35.6 Å². The zero-order valence-corrected chi connectivity index (χ0v) is 12.8. The Hall–Kier alpha value is -1.00. The predicted octanol–water partition coefficient (Wildman–Crippen LogP) is 4.15. The van der Waals surface area contributed by atoms with Crippen LogP contribution in [0.25, 0.3) is 11.0 Å². The first-order chi connectivity index (χ1) is 9.17. The monoisotopic (exact) mass is 344 g/mol. The summed E-state index contributed by atoms with van der Waals surface area (Å²) in [6.07, 6.45) is 1.44. The number of ether oxygens (including phenoxy) is 1. The molecule has 19 heavy (non-hydrogen) atoms. The lowest BCUT2D eigenvalue weighted by molar-refractivity contribution is 0.0600. The van der Waals surface area contributed by atoms with E-state index < -0.39 is 0 Å². The third kappa shape index (κ3) is 3.12. The van der Waals surface area contributed by atoms with Crippen LogP contribution in [-0.2, 0) is 11.2 Å². The molecule has 0 aliphatic heterocycles. The van der Waals surface area contributed by atoms with E-state index in [0.717, 1.165) is 11.8 Å². The minimum atomic E-state index is -0.364.